The molecule has 1 saturated heterocycles. The largest absolute Gasteiger partial charge is 0.349 e. The highest BCUT2D eigenvalue weighted by Crippen LogP contribution is 2.22. The van der Waals surface area contributed by atoms with Crippen LogP contribution < -0.4 is 10.6 Å². The Bertz CT molecular complexity index is 1030. The summed E-state index contributed by atoms with van der Waals surface area (Å²) in [7, 11) is -3.62. The smallest absolute Gasteiger partial charge is 0.255 e. The van der Waals surface area contributed by atoms with Crippen LogP contribution in [0.1, 0.15) is 33.6 Å². The van der Waals surface area contributed by atoms with Crippen LogP contribution in [-0.2, 0) is 10.0 Å². The summed E-state index contributed by atoms with van der Waals surface area (Å²) < 4.78 is 26.9. The summed E-state index contributed by atoms with van der Waals surface area (Å²) in [6, 6.07) is 12.5. The number of sulfonamides is 1. The lowest BCUT2D eigenvalue weighted by Gasteiger charge is -2.16. The molecule has 0 radical (unpaired) electrons. The molecule has 0 bridgehead atoms. The number of hydrogen-bond acceptors (Lipinski definition) is 4. The first-order valence-electron chi connectivity index (χ1n) is 9.33. The van der Waals surface area contributed by atoms with E-state index in [2.05, 4.69) is 17.2 Å². The summed E-state index contributed by atoms with van der Waals surface area (Å²) in [4.78, 5) is 25.1. The van der Waals surface area contributed by atoms with E-state index in [0.29, 0.717) is 30.9 Å². The van der Waals surface area contributed by atoms with Gasteiger partial charge in [0.15, 0.2) is 0 Å². The van der Waals surface area contributed by atoms with Crippen LogP contribution in [-0.4, -0.2) is 44.2 Å². The second-order valence-electron chi connectivity index (χ2n) is 6.64. The van der Waals surface area contributed by atoms with E-state index < -0.39 is 15.9 Å². The Kier molecular flexibility index (Phi) is 6.46. The van der Waals surface area contributed by atoms with Gasteiger partial charge in [-0.25, -0.2) is 8.42 Å². The van der Waals surface area contributed by atoms with Gasteiger partial charge in [0.25, 0.3) is 11.8 Å². The molecule has 152 valence electrons. The lowest BCUT2D eigenvalue weighted by atomic mass is 10.1. The highest BCUT2D eigenvalue weighted by molar-refractivity contribution is 7.89. The first kappa shape index (κ1) is 20.8. The van der Waals surface area contributed by atoms with Gasteiger partial charge in [0.05, 0.1) is 16.1 Å². The fourth-order valence-electron chi connectivity index (χ4n) is 3.12. The maximum Gasteiger partial charge on any atom is 0.255 e. The Morgan fingerprint density at radius 2 is 1.76 bits per heavy atom. The Morgan fingerprint density at radius 1 is 1.03 bits per heavy atom. The Balaban J connectivity index is 1.82. The highest BCUT2D eigenvalue weighted by atomic mass is 32.2. The molecule has 1 aliphatic rings. The van der Waals surface area contributed by atoms with E-state index in [-0.39, 0.29) is 16.4 Å². The van der Waals surface area contributed by atoms with Crippen molar-refractivity contribution in [3.8, 4) is 0 Å². The molecule has 1 fully saturated rings. The zero-order valence-corrected chi connectivity index (χ0v) is 16.7. The van der Waals surface area contributed by atoms with Crippen molar-refractivity contribution in [1.29, 1.82) is 0 Å². The van der Waals surface area contributed by atoms with Gasteiger partial charge in [-0.05, 0) is 43.2 Å². The van der Waals surface area contributed by atoms with Gasteiger partial charge in [-0.1, -0.05) is 24.3 Å². The molecular formula is C21H23N3O4S. The average molecular weight is 413 g/mol. The summed E-state index contributed by atoms with van der Waals surface area (Å²) in [5.41, 5.74) is 0.849. The number of anilines is 1. The van der Waals surface area contributed by atoms with Crippen molar-refractivity contribution in [2.24, 2.45) is 0 Å². The van der Waals surface area contributed by atoms with Crippen LogP contribution in [0.15, 0.2) is 66.1 Å². The molecule has 0 unspecified atom stereocenters. The van der Waals surface area contributed by atoms with Crippen LogP contribution in [0, 0.1) is 0 Å². The molecule has 2 aromatic rings. The minimum Gasteiger partial charge on any atom is -0.349 e. The number of rotatable bonds is 7. The first-order valence-corrected chi connectivity index (χ1v) is 10.8. The second kappa shape index (κ2) is 9.02. The predicted octanol–water partition coefficient (Wildman–Crippen LogP) is 2.64. The first-order chi connectivity index (χ1) is 13.9. The van der Waals surface area contributed by atoms with E-state index >= 15 is 0 Å². The Labute approximate surface area is 170 Å². The SMILES string of the molecule is C=CCNC(=O)c1ccccc1NC(=O)c1cccc(S(=O)(=O)N2CCCC2)c1. The van der Waals surface area contributed by atoms with E-state index in [9.17, 15) is 18.0 Å². The third-order valence-electron chi connectivity index (χ3n) is 4.63. The summed E-state index contributed by atoms with van der Waals surface area (Å²) in [5, 5.41) is 5.37. The molecule has 2 amide bonds. The van der Waals surface area contributed by atoms with Crippen molar-refractivity contribution in [3.05, 3.63) is 72.3 Å². The van der Waals surface area contributed by atoms with Crippen LogP contribution in [0.2, 0.25) is 0 Å². The van der Waals surface area contributed by atoms with Gasteiger partial charge >= 0.3 is 0 Å². The number of nitrogens with one attached hydrogen (secondary N) is 2. The van der Waals surface area contributed by atoms with Crippen LogP contribution >= 0.6 is 0 Å². The van der Waals surface area contributed by atoms with E-state index in [4.69, 9.17) is 0 Å². The summed E-state index contributed by atoms with van der Waals surface area (Å²) in [6.07, 6.45) is 3.24. The molecule has 0 aliphatic carbocycles. The van der Waals surface area contributed by atoms with Gasteiger partial charge in [0, 0.05) is 25.2 Å². The number of nitrogens with zero attached hydrogens (tertiary/aromatic N) is 1. The molecule has 0 spiro atoms. The zero-order valence-electron chi connectivity index (χ0n) is 15.9. The molecular weight excluding hydrogens is 390 g/mol. The van der Waals surface area contributed by atoms with Crippen molar-refractivity contribution < 1.29 is 18.0 Å². The summed E-state index contributed by atoms with van der Waals surface area (Å²) in [6.45, 7) is 4.84. The molecule has 8 heteroatoms. The van der Waals surface area contributed by atoms with Gasteiger partial charge in [-0.2, -0.15) is 4.31 Å². The van der Waals surface area contributed by atoms with Crippen molar-refractivity contribution in [3.63, 3.8) is 0 Å². The lowest BCUT2D eigenvalue weighted by molar-refractivity contribution is 0.0959. The molecule has 2 N–H and O–H groups in total. The molecule has 29 heavy (non-hydrogen) atoms. The molecule has 0 atom stereocenters. The molecule has 1 heterocycles. The zero-order chi connectivity index (χ0) is 20.9. The summed E-state index contributed by atoms with van der Waals surface area (Å²) >= 11 is 0. The number of carbonyl (C=O) groups is 2. The topological polar surface area (TPSA) is 95.6 Å². The van der Waals surface area contributed by atoms with Crippen LogP contribution in [0.5, 0.6) is 0 Å². The van der Waals surface area contributed by atoms with E-state index in [0.717, 1.165) is 12.8 Å². The van der Waals surface area contributed by atoms with Gasteiger partial charge in [-0.3, -0.25) is 9.59 Å². The van der Waals surface area contributed by atoms with Crippen molar-refractivity contribution in [2.75, 3.05) is 25.0 Å². The van der Waals surface area contributed by atoms with Gasteiger partial charge in [0.2, 0.25) is 10.0 Å². The molecule has 2 aromatic carbocycles. The number of hydrogen-bond donors (Lipinski definition) is 2. The standard InChI is InChI=1S/C21H23N3O4S/c1-2-12-22-21(26)18-10-3-4-11-19(18)23-20(25)16-8-7-9-17(15-16)29(27,28)24-13-5-6-14-24/h2-4,7-11,15H,1,5-6,12-14H2,(H,22,26)(H,23,25). The molecule has 3 rings (SSSR count). The molecule has 7 nitrogen and oxygen atoms in total. The lowest BCUT2D eigenvalue weighted by Crippen LogP contribution is -2.28. The molecule has 1 aliphatic heterocycles. The third kappa shape index (κ3) is 4.72. The van der Waals surface area contributed by atoms with Gasteiger partial charge < -0.3 is 10.6 Å². The number of benzene rings is 2. The van der Waals surface area contributed by atoms with Crippen molar-refractivity contribution >= 4 is 27.5 Å². The average Bonchev–Trinajstić information content (AvgIpc) is 3.28. The number of amides is 2. The molecule has 0 aromatic heterocycles. The van der Waals surface area contributed by atoms with E-state index in [1.165, 1.54) is 16.4 Å². The minimum absolute atomic E-state index is 0.0871. The summed E-state index contributed by atoms with van der Waals surface area (Å²) in [5.74, 6) is -0.835. The quantitative estimate of drug-likeness (QED) is 0.682. The Morgan fingerprint density at radius 3 is 2.48 bits per heavy atom. The van der Waals surface area contributed by atoms with Crippen molar-refractivity contribution in [1.82, 2.24) is 9.62 Å². The van der Waals surface area contributed by atoms with Crippen LogP contribution in [0.4, 0.5) is 5.69 Å². The molecule has 0 saturated carbocycles. The second-order valence-corrected chi connectivity index (χ2v) is 8.58. The van der Waals surface area contributed by atoms with E-state index in [1.807, 2.05) is 0 Å². The van der Waals surface area contributed by atoms with Crippen LogP contribution in [0.3, 0.4) is 0 Å². The third-order valence-corrected chi connectivity index (χ3v) is 6.52. The maximum atomic E-state index is 12.7. The van der Waals surface area contributed by atoms with E-state index in [1.54, 1.807) is 42.5 Å². The normalized spacial score (nSPS) is 14.3. The van der Waals surface area contributed by atoms with Crippen molar-refractivity contribution in [2.45, 2.75) is 17.7 Å². The maximum absolute atomic E-state index is 12.7. The minimum atomic E-state index is -3.62. The number of carbonyl (C=O) groups excluding carboxylic acids is 2. The fourth-order valence-corrected chi connectivity index (χ4v) is 4.68. The Hall–Kier alpha value is -2.97. The van der Waals surface area contributed by atoms with Crippen LogP contribution in [0.25, 0.3) is 0 Å². The predicted molar refractivity (Wildman–Crippen MR) is 111 cm³/mol. The van der Waals surface area contributed by atoms with Gasteiger partial charge in [-0.15, -0.1) is 6.58 Å². The monoisotopic (exact) mass is 413 g/mol. The van der Waals surface area contributed by atoms with Gasteiger partial charge in [0.1, 0.15) is 0 Å². The fraction of sp³-hybridized carbons (Fsp3) is 0.238. The highest BCUT2D eigenvalue weighted by Gasteiger charge is 2.27. The number of para-hydroxylation sites is 1.